The molecule has 2 aliphatic heterocycles. The molecule has 1 fully saturated rings. The van der Waals surface area contributed by atoms with E-state index in [0.29, 0.717) is 19.6 Å². The number of nitrogens with one attached hydrogen (secondary N) is 1. The first-order valence-electron chi connectivity index (χ1n) is 7.35. The summed E-state index contributed by atoms with van der Waals surface area (Å²) < 4.78 is 28.8. The molecule has 2 aliphatic rings. The van der Waals surface area contributed by atoms with Gasteiger partial charge in [-0.05, 0) is 25.5 Å². The second-order valence-corrected chi connectivity index (χ2v) is 8.37. The van der Waals surface area contributed by atoms with Crippen molar-refractivity contribution in [3.63, 3.8) is 0 Å². The molecule has 0 aliphatic carbocycles. The first-order chi connectivity index (χ1) is 10.4. The number of hydrogen-bond donors (Lipinski definition) is 1. The van der Waals surface area contributed by atoms with E-state index < -0.39 is 15.4 Å². The van der Waals surface area contributed by atoms with Gasteiger partial charge in [0.1, 0.15) is 12.4 Å². The molecule has 0 saturated carbocycles. The number of sulfone groups is 1. The zero-order valence-corrected chi connectivity index (χ0v) is 13.4. The molecule has 1 N–H and O–H groups in total. The summed E-state index contributed by atoms with van der Waals surface area (Å²) in [5.74, 6) is 0.780. The van der Waals surface area contributed by atoms with Gasteiger partial charge in [0.15, 0.2) is 9.84 Å². The fourth-order valence-electron chi connectivity index (χ4n) is 3.05. The minimum absolute atomic E-state index is 0.0193. The van der Waals surface area contributed by atoms with Crippen molar-refractivity contribution in [3.05, 3.63) is 24.3 Å². The van der Waals surface area contributed by atoms with E-state index in [1.165, 1.54) is 0 Å². The van der Waals surface area contributed by atoms with Gasteiger partial charge in [-0.1, -0.05) is 12.1 Å². The average molecular weight is 324 g/mol. The third-order valence-electron chi connectivity index (χ3n) is 4.10. The lowest BCUT2D eigenvalue weighted by Gasteiger charge is -2.32. The largest absolute Gasteiger partial charge is 0.490 e. The SMILES string of the molecule is CC1(NC(=O)CN2CCOc3ccccc32)CCS(=O)(=O)C1. The minimum atomic E-state index is -3.03. The van der Waals surface area contributed by atoms with E-state index in [1.807, 2.05) is 29.2 Å². The number of carbonyl (C=O) groups excluding carboxylic acids is 1. The first-order valence-corrected chi connectivity index (χ1v) is 9.17. The molecule has 0 aromatic heterocycles. The van der Waals surface area contributed by atoms with Crippen LogP contribution in [0.5, 0.6) is 5.75 Å². The van der Waals surface area contributed by atoms with Gasteiger partial charge in [0.05, 0.1) is 35.8 Å². The Morgan fingerprint density at radius 3 is 2.91 bits per heavy atom. The Hall–Kier alpha value is -1.76. The standard InChI is InChI=1S/C15H20N2O4S/c1-15(6-9-22(19,20)11-15)16-14(18)10-17-7-8-21-13-5-3-2-4-12(13)17/h2-5H,6-11H2,1H3,(H,16,18). The highest BCUT2D eigenvalue weighted by atomic mass is 32.2. The van der Waals surface area contributed by atoms with Crippen LogP contribution in [0.2, 0.25) is 0 Å². The van der Waals surface area contributed by atoms with E-state index in [1.54, 1.807) is 6.92 Å². The molecule has 2 heterocycles. The summed E-state index contributed by atoms with van der Waals surface area (Å²) in [7, 11) is -3.03. The van der Waals surface area contributed by atoms with E-state index >= 15 is 0 Å². The van der Waals surface area contributed by atoms with E-state index in [4.69, 9.17) is 4.74 Å². The molecule has 22 heavy (non-hydrogen) atoms. The van der Waals surface area contributed by atoms with E-state index in [9.17, 15) is 13.2 Å². The van der Waals surface area contributed by atoms with Gasteiger partial charge >= 0.3 is 0 Å². The molecule has 7 heteroatoms. The molecule has 120 valence electrons. The molecule has 3 rings (SSSR count). The Morgan fingerprint density at radius 2 is 2.18 bits per heavy atom. The van der Waals surface area contributed by atoms with Gasteiger partial charge in [-0.25, -0.2) is 8.42 Å². The second kappa shape index (κ2) is 5.46. The zero-order valence-electron chi connectivity index (χ0n) is 12.5. The highest BCUT2D eigenvalue weighted by molar-refractivity contribution is 7.91. The predicted octanol–water partition coefficient (Wildman–Crippen LogP) is 0.579. The van der Waals surface area contributed by atoms with Crippen molar-refractivity contribution in [2.24, 2.45) is 0 Å². The Morgan fingerprint density at radius 1 is 1.41 bits per heavy atom. The molecule has 0 radical (unpaired) electrons. The molecule has 1 aromatic carbocycles. The van der Waals surface area contributed by atoms with Crippen molar-refractivity contribution in [2.75, 3.05) is 36.1 Å². The number of anilines is 1. The van der Waals surface area contributed by atoms with Crippen molar-refractivity contribution in [3.8, 4) is 5.75 Å². The summed E-state index contributed by atoms with van der Waals surface area (Å²) in [6, 6.07) is 7.60. The maximum Gasteiger partial charge on any atom is 0.239 e. The van der Waals surface area contributed by atoms with Crippen LogP contribution in [-0.2, 0) is 14.6 Å². The van der Waals surface area contributed by atoms with Gasteiger partial charge in [0.2, 0.25) is 5.91 Å². The van der Waals surface area contributed by atoms with Crippen LogP contribution in [0, 0.1) is 0 Å². The van der Waals surface area contributed by atoms with Crippen molar-refractivity contribution >= 4 is 21.4 Å². The fourth-order valence-corrected chi connectivity index (χ4v) is 5.14. The van der Waals surface area contributed by atoms with Crippen LogP contribution >= 0.6 is 0 Å². The van der Waals surface area contributed by atoms with Gasteiger partial charge in [0, 0.05) is 0 Å². The lowest BCUT2D eigenvalue weighted by atomic mass is 10.0. The van der Waals surface area contributed by atoms with Crippen LogP contribution < -0.4 is 15.0 Å². The number of ether oxygens (including phenoxy) is 1. The molecule has 6 nitrogen and oxygen atoms in total. The van der Waals surface area contributed by atoms with Crippen LogP contribution in [0.15, 0.2) is 24.3 Å². The average Bonchev–Trinajstić information content (AvgIpc) is 2.72. The molecule has 0 spiro atoms. The summed E-state index contributed by atoms with van der Waals surface area (Å²) in [6.07, 6.45) is 0.473. The topological polar surface area (TPSA) is 75.7 Å². The fraction of sp³-hybridized carbons (Fsp3) is 0.533. The quantitative estimate of drug-likeness (QED) is 0.880. The Bertz CT molecular complexity index is 689. The lowest BCUT2D eigenvalue weighted by molar-refractivity contribution is -0.121. The number of para-hydroxylation sites is 2. The number of benzene rings is 1. The highest BCUT2D eigenvalue weighted by Gasteiger charge is 2.39. The van der Waals surface area contributed by atoms with Crippen molar-refractivity contribution in [1.29, 1.82) is 0 Å². The van der Waals surface area contributed by atoms with Crippen LogP contribution in [0.3, 0.4) is 0 Å². The molecule has 0 bridgehead atoms. The molecule has 1 saturated heterocycles. The van der Waals surface area contributed by atoms with E-state index in [-0.39, 0.29) is 24.0 Å². The Labute approximate surface area is 130 Å². The number of nitrogens with zero attached hydrogens (tertiary/aromatic N) is 1. The second-order valence-electron chi connectivity index (χ2n) is 6.19. The number of amides is 1. The van der Waals surface area contributed by atoms with Crippen LogP contribution in [0.4, 0.5) is 5.69 Å². The summed E-state index contributed by atoms with van der Waals surface area (Å²) in [4.78, 5) is 14.3. The monoisotopic (exact) mass is 324 g/mol. The van der Waals surface area contributed by atoms with Crippen LogP contribution in [-0.4, -0.2) is 51.1 Å². The lowest BCUT2D eigenvalue weighted by Crippen LogP contribution is -2.51. The number of fused-ring (bicyclic) bond motifs is 1. The summed E-state index contributed by atoms with van der Waals surface area (Å²) in [5, 5.41) is 2.89. The molecule has 1 amide bonds. The Balaban J connectivity index is 1.66. The summed E-state index contributed by atoms with van der Waals surface area (Å²) in [6.45, 7) is 3.17. The number of carbonyl (C=O) groups is 1. The van der Waals surface area contributed by atoms with Crippen molar-refractivity contribution < 1.29 is 17.9 Å². The highest BCUT2D eigenvalue weighted by Crippen LogP contribution is 2.30. The van der Waals surface area contributed by atoms with Crippen LogP contribution in [0.1, 0.15) is 13.3 Å². The predicted molar refractivity (Wildman–Crippen MR) is 84.0 cm³/mol. The van der Waals surface area contributed by atoms with Crippen LogP contribution in [0.25, 0.3) is 0 Å². The van der Waals surface area contributed by atoms with Gasteiger partial charge in [-0.15, -0.1) is 0 Å². The summed E-state index contributed by atoms with van der Waals surface area (Å²) >= 11 is 0. The maximum absolute atomic E-state index is 12.3. The van der Waals surface area contributed by atoms with Crippen molar-refractivity contribution in [1.82, 2.24) is 5.32 Å². The molecular formula is C15H20N2O4S. The van der Waals surface area contributed by atoms with Gasteiger partial charge in [-0.3, -0.25) is 4.79 Å². The van der Waals surface area contributed by atoms with Gasteiger partial charge < -0.3 is 15.0 Å². The molecule has 1 unspecified atom stereocenters. The minimum Gasteiger partial charge on any atom is -0.490 e. The van der Waals surface area contributed by atoms with Gasteiger partial charge in [0.25, 0.3) is 0 Å². The van der Waals surface area contributed by atoms with Crippen molar-refractivity contribution in [2.45, 2.75) is 18.9 Å². The number of rotatable bonds is 3. The summed E-state index contributed by atoms with van der Waals surface area (Å²) in [5.41, 5.74) is 0.245. The third kappa shape index (κ3) is 3.19. The Kier molecular flexibility index (Phi) is 3.76. The van der Waals surface area contributed by atoms with E-state index in [2.05, 4.69) is 5.32 Å². The maximum atomic E-state index is 12.3. The molecule has 1 aromatic rings. The normalized spacial score (nSPS) is 26.1. The molecule has 1 atom stereocenters. The smallest absolute Gasteiger partial charge is 0.239 e. The van der Waals surface area contributed by atoms with E-state index in [0.717, 1.165) is 11.4 Å². The number of hydrogen-bond acceptors (Lipinski definition) is 5. The first kappa shape index (κ1) is 15.1. The zero-order chi connectivity index (χ0) is 15.8. The third-order valence-corrected chi connectivity index (χ3v) is 6.01. The van der Waals surface area contributed by atoms with Gasteiger partial charge in [-0.2, -0.15) is 0 Å². The molecular weight excluding hydrogens is 304 g/mol.